The van der Waals surface area contributed by atoms with Crippen LogP contribution >= 0.6 is 0 Å². The topological polar surface area (TPSA) is 70.8 Å². The number of benzene rings is 2. The molecule has 0 atom stereocenters. The third-order valence-electron chi connectivity index (χ3n) is 3.10. The zero-order valence-corrected chi connectivity index (χ0v) is 13.9. The first-order chi connectivity index (χ1) is 10.5. The van der Waals surface area contributed by atoms with Crippen molar-refractivity contribution >= 4 is 12.4 Å². The standard InChI is InChI=1S/C18H20N2O2.Cu/c1-18(2,20-12-15-8-4-6-10-17(15)22)13-19-11-14-7-3-5-9-16(14)21;/h3-12,21-22H,13H2,1-2H3;/q;+2/p-2. The molecule has 0 N–H and O–H groups in total. The fourth-order valence-electron chi connectivity index (χ4n) is 1.83. The Morgan fingerprint density at radius 3 is 1.87 bits per heavy atom. The first-order valence-corrected chi connectivity index (χ1v) is 7.05. The molecule has 2 rings (SSSR count). The molecule has 2 aromatic carbocycles. The Labute approximate surface area is 147 Å². The molecule has 0 aliphatic rings. The Balaban J connectivity index is 0.00000264. The van der Waals surface area contributed by atoms with E-state index in [1.807, 2.05) is 13.8 Å². The third kappa shape index (κ3) is 5.89. The Hall–Kier alpha value is -2.10. The van der Waals surface area contributed by atoms with Gasteiger partial charge in [-0.3, -0.25) is 9.98 Å². The van der Waals surface area contributed by atoms with E-state index >= 15 is 0 Å². The molecule has 0 fully saturated rings. The zero-order valence-electron chi connectivity index (χ0n) is 13.0. The maximum absolute atomic E-state index is 11.6. The van der Waals surface area contributed by atoms with Crippen LogP contribution in [0, 0.1) is 0 Å². The van der Waals surface area contributed by atoms with Crippen LogP contribution in [0.25, 0.3) is 0 Å². The van der Waals surface area contributed by atoms with Crippen LogP contribution in [-0.4, -0.2) is 24.5 Å². The number of nitrogens with zero attached hydrogens (tertiary/aromatic N) is 2. The summed E-state index contributed by atoms with van der Waals surface area (Å²) in [4.78, 5) is 8.72. The van der Waals surface area contributed by atoms with Gasteiger partial charge in [0.1, 0.15) is 0 Å². The molecule has 0 saturated heterocycles. The molecule has 23 heavy (non-hydrogen) atoms. The molecule has 0 unspecified atom stereocenters. The second kappa shape index (κ2) is 8.51. The molecule has 0 saturated carbocycles. The SMILES string of the molecule is CC(C)(CN=Cc1ccccc1[O-])N=Cc1ccccc1[O-].[Cu+2]. The van der Waals surface area contributed by atoms with Gasteiger partial charge in [0.05, 0.1) is 12.1 Å². The summed E-state index contributed by atoms with van der Waals surface area (Å²) in [5.74, 6) is -0.0985. The Kier molecular flexibility index (Phi) is 7.01. The van der Waals surface area contributed by atoms with Crippen LogP contribution < -0.4 is 10.2 Å². The van der Waals surface area contributed by atoms with Crippen molar-refractivity contribution in [1.82, 2.24) is 0 Å². The van der Waals surface area contributed by atoms with E-state index in [2.05, 4.69) is 9.98 Å². The van der Waals surface area contributed by atoms with Crippen LogP contribution in [0.3, 0.4) is 0 Å². The molecular formula is C18H18CuN2O2. The first-order valence-electron chi connectivity index (χ1n) is 7.05. The summed E-state index contributed by atoms with van der Waals surface area (Å²) in [6.45, 7) is 4.29. The molecule has 5 heteroatoms. The van der Waals surface area contributed by atoms with Crippen molar-refractivity contribution in [2.75, 3.05) is 6.54 Å². The van der Waals surface area contributed by atoms with Crippen LogP contribution in [0.15, 0.2) is 58.5 Å². The van der Waals surface area contributed by atoms with Crippen LogP contribution in [-0.2, 0) is 17.1 Å². The van der Waals surface area contributed by atoms with E-state index in [1.54, 1.807) is 48.8 Å². The summed E-state index contributed by atoms with van der Waals surface area (Å²) in [6.07, 6.45) is 3.15. The predicted octanol–water partition coefficient (Wildman–Crippen LogP) is 2.15. The average molecular weight is 358 g/mol. The number of hydrogen-bond donors (Lipinski definition) is 0. The number of hydrogen-bond acceptors (Lipinski definition) is 4. The van der Waals surface area contributed by atoms with Crippen molar-refractivity contribution in [2.24, 2.45) is 9.98 Å². The van der Waals surface area contributed by atoms with E-state index in [4.69, 9.17) is 0 Å². The Bertz CT molecular complexity index is 697. The van der Waals surface area contributed by atoms with E-state index in [-0.39, 0.29) is 28.6 Å². The van der Waals surface area contributed by atoms with Crippen LogP contribution in [0.5, 0.6) is 11.5 Å². The number of para-hydroxylation sites is 2. The molecule has 0 spiro atoms. The van der Waals surface area contributed by atoms with Crippen molar-refractivity contribution < 1.29 is 27.3 Å². The summed E-state index contributed by atoms with van der Waals surface area (Å²) in [5.41, 5.74) is 0.674. The molecule has 0 heterocycles. The van der Waals surface area contributed by atoms with Crippen molar-refractivity contribution in [2.45, 2.75) is 19.4 Å². The van der Waals surface area contributed by atoms with Gasteiger partial charge in [0.15, 0.2) is 0 Å². The second-order valence-corrected chi connectivity index (χ2v) is 5.62. The molecule has 0 aromatic heterocycles. The van der Waals surface area contributed by atoms with Crippen LogP contribution in [0.1, 0.15) is 25.0 Å². The summed E-state index contributed by atoms with van der Waals surface area (Å²) in [6, 6.07) is 13.5. The molecule has 0 bridgehead atoms. The van der Waals surface area contributed by atoms with Crippen molar-refractivity contribution in [3.05, 3.63) is 59.7 Å². The average Bonchev–Trinajstić information content (AvgIpc) is 2.48. The van der Waals surface area contributed by atoms with Crippen molar-refractivity contribution in [3.8, 4) is 11.5 Å². The zero-order chi connectivity index (χ0) is 16.0. The van der Waals surface area contributed by atoms with Gasteiger partial charge in [-0.1, -0.05) is 48.5 Å². The van der Waals surface area contributed by atoms with Gasteiger partial charge in [-0.05, 0) is 25.0 Å². The molecule has 0 aliphatic heterocycles. The van der Waals surface area contributed by atoms with Gasteiger partial charge < -0.3 is 10.2 Å². The van der Waals surface area contributed by atoms with E-state index in [1.165, 1.54) is 12.1 Å². The minimum Gasteiger partial charge on any atom is -0.872 e. The molecule has 0 amide bonds. The Morgan fingerprint density at radius 1 is 0.870 bits per heavy atom. The molecule has 1 radical (unpaired) electrons. The fraction of sp³-hybridized carbons (Fsp3) is 0.222. The normalized spacial score (nSPS) is 11.7. The number of rotatable bonds is 5. The van der Waals surface area contributed by atoms with Gasteiger partial charge in [0.25, 0.3) is 0 Å². The van der Waals surface area contributed by atoms with Gasteiger partial charge in [0.2, 0.25) is 0 Å². The predicted molar refractivity (Wildman–Crippen MR) is 85.9 cm³/mol. The summed E-state index contributed by atoms with van der Waals surface area (Å²) in [5, 5.41) is 23.2. The van der Waals surface area contributed by atoms with Crippen molar-refractivity contribution in [1.29, 1.82) is 0 Å². The van der Waals surface area contributed by atoms with E-state index in [0.717, 1.165) is 0 Å². The van der Waals surface area contributed by atoms with Gasteiger partial charge in [-0.15, -0.1) is 11.5 Å². The van der Waals surface area contributed by atoms with Crippen LogP contribution in [0.2, 0.25) is 0 Å². The summed E-state index contributed by atoms with van der Waals surface area (Å²) >= 11 is 0. The van der Waals surface area contributed by atoms with Gasteiger partial charge in [-0.2, -0.15) is 0 Å². The molecule has 2 aromatic rings. The van der Waals surface area contributed by atoms with E-state index in [9.17, 15) is 10.2 Å². The summed E-state index contributed by atoms with van der Waals surface area (Å²) in [7, 11) is 0. The molecule has 123 valence electrons. The largest absolute Gasteiger partial charge is 2.00 e. The third-order valence-corrected chi connectivity index (χ3v) is 3.10. The minimum atomic E-state index is -0.448. The molecule has 0 aliphatic carbocycles. The van der Waals surface area contributed by atoms with Crippen LogP contribution in [0.4, 0.5) is 0 Å². The minimum absolute atomic E-state index is 0. The quantitative estimate of drug-likeness (QED) is 0.607. The number of aliphatic imine (C=N–C) groups is 2. The molecular weight excluding hydrogens is 340 g/mol. The van der Waals surface area contributed by atoms with Gasteiger partial charge in [-0.25, -0.2) is 0 Å². The van der Waals surface area contributed by atoms with Gasteiger partial charge in [0, 0.05) is 12.4 Å². The fourth-order valence-corrected chi connectivity index (χ4v) is 1.83. The van der Waals surface area contributed by atoms with Crippen molar-refractivity contribution in [3.63, 3.8) is 0 Å². The smallest absolute Gasteiger partial charge is 0.872 e. The maximum Gasteiger partial charge on any atom is 2.00 e. The monoisotopic (exact) mass is 357 g/mol. The summed E-state index contributed by atoms with van der Waals surface area (Å²) < 4.78 is 0. The van der Waals surface area contributed by atoms with E-state index < -0.39 is 5.54 Å². The maximum atomic E-state index is 11.6. The second-order valence-electron chi connectivity index (χ2n) is 5.62. The first kappa shape index (κ1) is 18.9. The van der Waals surface area contributed by atoms with E-state index in [0.29, 0.717) is 17.7 Å². The Morgan fingerprint density at radius 2 is 1.35 bits per heavy atom. The molecule has 4 nitrogen and oxygen atoms in total. The van der Waals surface area contributed by atoms with Gasteiger partial charge >= 0.3 is 17.1 Å².